The van der Waals surface area contributed by atoms with E-state index < -0.39 is 0 Å². The lowest BCUT2D eigenvalue weighted by atomic mass is 10.2. The van der Waals surface area contributed by atoms with Crippen molar-refractivity contribution in [3.05, 3.63) is 24.0 Å². The maximum Gasteiger partial charge on any atom is 0.0988 e. The summed E-state index contributed by atoms with van der Waals surface area (Å²) in [6.07, 6.45) is 7.42. The van der Waals surface area contributed by atoms with E-state index in [-0.39, 0.29) is 0 Å². The highest BCUT2D eigenvalue weighted by Crippen LogP contribution is 2.01. The van der Waals surface area contributed by atoms with E-state index in [4.69, 9.17) is 0 Å². The van der Waals surface area contributed by atoms with Crippen molar-refractivity contribution in [1.82, 2.24) is 10.6 Å². The molecule has 0 spiro atoms. The fraction of sp³-hybridized carbons (Fsp3) is 0.500. The molecule has 2 heteroatoms. The molecule has 1 rings (SSSR count). The normalized spacial score (nSPS) is 23.4. The van der Waals surface area contributed by atoms with Gasteiger partial charge in [-0.2, -0.15) is 0 Å². The van der Waals surface area contributed by atoms with Crippen molar-refractivity contribution >= 4 is 0 Å². The number of nitrogens with one attached hydrogen (secondary N) is 2. The van der Waals surface area contributed by atoms with E-state index in [1.54, 1.807) is 0 Å². The monoisotopic (exact) mass is 138 g/mol. The maximum absolute atomic E-state index is 3.32. The van der Waals surface area contributed by atoms with Gasteiger partial charge in [0.2, 0.25) is 0 Å². The molecule has 0 aromatic carbocycles. The highest BCUT2D eigenvalue weighted by atomic mass is 15.1. The molecule has 10 heavy (non-hydrogen) atoms. The fourth-order valence-corrected chi connectivity index (χ4v) is 0.976. The smallest absolute Gasteiger partial charge is 0.0988 e. The van der Waals surface area contributed by atoms with E-state index in [1.807, 2.05) is 13.1 Å². The van der Waals surface area contributed by atoms with Crippen LogP contribution in [0.4, 0.5) is 0 Å². The number of rotatable bonds is 2. The second-order valence-corrected chi connectivity index (χ2v) is 2.37. The van der Waals surface area contributed by atoms with Crippen LogP contribution in [0.25, 0.3) is 0 Å². The first kappa shape index (κ1) is 7.19. The molecule has 1 aliphatic rings. The Kier molecular flexibility index (Phi) is 2.37. The van der Waals surface area contributed by atoms with Gasteiger partial charge in [0.1, 0.15) is 0 Å². The molecule has 2 nitrogen and oxygen atoms in total. The summed E-state index contributed by atoms with van der Waals surface area (Å²) in [7, 11) is 1.92. The average molecular weight is 138 g/mol. The van der Waals surface area contributed by atoms with Gasteiger partial charge in [-0.05, 0) is 12.5 Å². The Morgan fingerprint density at radius 1 is 1.70 bits per heavy atom. The zero-order chi connectivity index (χ0) is 7.40. The molecule has 1 unspecified atom stereocenters. The molecule has 0 aromatic rings. The van der Waals surface area contributed by atoms with Crippen LogP contribution < -0.4 is 10.6 Å². The maximum atomic E-state index is 3.32. The predicted octanol–water partition coefficient (Wildman–Crippen LogP) is 0.985. The van der Waals surface area contributed by atoms with Crippen molar-refractivity contribution in [1.29, 1.82) is 0 Å². The summed E-state index contributed by atoms with van der Waals surface area (Å²) in [5.74, 6) is 1.11. The van der Waals surface area contributed by atoms with Crippen LogP contribution in [0.2, 0.25) is 0 Å². The second kappa shape index (κ2) is 3.30. The highest BCUT2D eigenvalue weighted by molar-refractivity contribution is 5.18. The molecule has 0 amide bonds. The molecule has 1 aliphatic heterocycles. The first-order valence-corrected chi connectivity index (χ1v) is 3.69. The largest absolute Gasteiger partial charge is 0.375 e. The van der Waals surface area contributed by atoms with Gasteiger partial charge in [-0.1, -0.05) is 19.1 Å². The van der Waals surface area contributed by atoms with E-state index in [0.717, 1.165) is 12.2 Å². The molecule has 0 bridgehead atoms. The highest BCUT2D eigenvalue weighted by Gasteiger charge is 2.04. The van der Waals surface area contributed by atoms with Gasteiger partial charge in [0.05, 0.1) is 5.82 Å². The minimum atomic E-state index is 0.507. The van der Waals surface area contributed by atoms with Crippen LogP contribution in [-0.4, -0.2) is 13.1 Å². The van der Waals surface area contributed by atoms with Gasteiger partial charge >= 0.3 is 0 Å². The molecule has 0 saturated heterocycles. The van der Waals surface area contributed by atoms with Crippen LogP contribution in [-0.2, 0) is 0 Å². The van der Waals surface area contributed by atoms with E-state index in [2.05, 4.69) is 29.7 Å². The predicted molar refractivity (Wildman–Crippen MR) is 43.5 cm³/mol. The number of allylic oxidation sites excluding steroid dienone is 2. The van der Waals surface area contributed by atoms with Crippen molar-refractivity contribution < 1.29 is 0 Å². The summed E-state index contributed by atoms with van der Waals surface area (Å²) in [4.78, 5) is 0. The van der Waals surface area contributed by atoms with Crippen molar-refractivity contribution in [2.24, 2.45) is 0 Å². The van der Waals surface area contributed by atoms with Gasteiger partial charge in [0, 0.05) is 13.1 Å². The molecule has 0 saturated carbocycles. The second-order valence-electron chi connectivity index (χ2n) is 2.37. The lowest BCUT2D eigenvalue weighted by molar-refractivity contribution is 0.610. The van der Waals surface area contributed by atoms with Gasteiger partial charge in [-0.25, -0.2) is 0 Å². The lowest BCUT2D eigenvalue weighted by Crippen LogP contribution is -2.33. The molecule has 0 aromatic heterocycles. The Morgan fingerprint density at radius 2 is 2.50 bits per heavy atom. The first-order valence-electron chi connectivity index (χ1n) is 3.69. The molecular weight excluding hydrogens is 124 g/mol. The lowest BCUT2D eigenvalue weighted by Gasteiger charge is -2.19. The van der Waals surface area contributed by atoms with Crippen molar-refractivity contribution in [2.45, 2.75) is 19.4 Å². The Labute approximate surface area is 62.0 Å². The summed E-state index contributed by atoms with van der Waals surface area (Å²) >= 11 is 0. The molecule has 2 N–H and O–H groups in total. The summed E-state index contributed by atoms with van der Waals surface area (Å²) in [5.41, 5.74) is 0. The Balaban J connectivity index is 2.50. The molecule has 0 fully saturated rings. The summed E-state index contributed by atoms with van der Waals surface area (Å²) in [6.45, 7) is 2.17. The van der Waals surface area contributed by atoms with Gasteiger partial charge in [-0.3, -0.25) is 0 Å². The minimum Gasteiger partial charge on any atom is -0.375 e. The van der Waals surface area contributed by atoms with Crippen molar-refractivity contribution in [3.63, 3.8) is 0 Å². The number of dihydropyridines is 1. The Hall–Kier alpha value is -0.920. The Morgan fingerprint density at radius 3 is 3.10 bits per heavy atom. The topological polar surface area (TPSA) is 24.1 Å². The fourth-order valence-electron chi connectivity index (χ4n) is 0.976. The first-order chi connectivity index (χ1) is 4.86. The van der Waals surface area contributed by atoms with Crippen LogP contribution in [0, 0.1) is 0 Å². The summed E-state index contributed by atoms with van der Waals surface area (Å²) in [5, 5.41) is 6.38. The molecule has 1 heterocycles. The van der Waals surface area contributed by atoms with Crippen LogP contribution in [0.5, 0.6) is 0 Å². The standard InChI is InChI=1S/C8H14N2/c1-3-7-5-4-6-8(9-2)10-7/h4-7,9-10H,3H2,1-2H3. The van der Waals surface area contributed by atoms with Crippen LogP contribution in [0.15, 0.2) is 24.0 Å². The van der Waals surface area contributed by atoms with Gasteiger partial charge in [0.15, 0.2) is 0 Å². The van der Waals surface area contributed by atoms with E-state index in [1.165, 1.54) is 0 Å². The number of hydrogen-bond acceptors (Lipinski definition) is 2. The van der Waals surface area contributed by atoms with Crippen LogP contribution >= 0.6 is 0 Å². The van der Waals surface area contributed by atoms with Crippen molar-refractivity contribution in [2.75, 3.05) is 7.05 Å². The average Bonchev–Trinajstić information content (AvgIpc) is 2.05. The van der Waals surface area contributed by atoms with E-state index >= 15 is 0 Å². The van der Waals surface area contributed by atoms with E-state index in [9.17, 15) is 0 Å². The zero-order valence-electron chi connectivity index (χ0n) is 6.52. The third-order valence-corrected chi connectivity index (χ3v) is 1.66. The molecule has 0 radical (unpaired) electrons. The summed E-state index contributed by atoms with van der Waals surface area (Å²) < 4.78 is 0. The zero-order valence-corrected chi connectivity index (χ0v) is 6.52. The van der Waals surface area contributed by atoms with Crippen molar-refractivity contribution in [3.8, 4) is 0 Å². The third-order valence-electron chi connectivity index (χ3n) is 1.66. The summed E-state index contributed by atoms with van der Waals surface area (Å²) in [6, 6.07) is 0.507. The van der Waals surface area contributed by atoms with E-state index in [0.29, 0.717) is 6.04 Å². The molecule has 0 aliphatic carbocycles. The number of hydrogen-bond donors (Lipinski definition) is 2. The quantitative estimate of drug-likeness (QED) is 0.594. The molecule has 56 valence electrons. The minimum absolute atomic E-state index is 0.507. The van der Waals surface area contributed by atoms with Gasteiger partial charge in [-0.15, -0.1) is 0 Å². The Bertz CT molecular complexity index is 159. The van der Waals surface area contributed by atoms with Crippen LogP contribution in [0.3, 0.4) is 0 Å². The van der Waals surface area contributed by atoms with Gasteiger partial charge in [0.25, 0.3) is 0 Å². The SMILES string of the molecule is CCC1C=CC=C(NC)N1. The third kappa shape index (κ3) is 1.53. The van der Waals surface area contributed by atoms with Crippen LogP contribution in [0.1, 0.15) is 13.3 Å². The molecule has 1 atom stereocenters. The molecular formula is C8H14N2. The van der Waals surface area contributed by atoms with Gasteiger partial charge < -0.3 is 10.6 Å².